The average molecular weight is 446 g/mol. The van der Waals surface area contributed by atoms with Gasteiger partial charge in [-0.2, -0.15) is 26.3 Å². The summed E-state index contributed by atoms with van der Waals surface area (Å²) in [4.78, 5) is 13.5. The van der Waals surface area contributed by atoms with Gasteiger partial charge in [0.1, 0.15) is 0 Å². The van der Waals surface area contributed by atoms with Gasteiger partial charge in [0.05, 0.1) is 27.1 Å². The number of halogens is 6. The minimum absolute atomic E-state index is 0.00742. The highest BCUT2D eigenvalue weighted by Gasteiger charge is 2.54. The Labute approximate surface area is 169 Å². The second-order valence-electron chi connectivity index (χ2n) is 6.88. The van der Waals surface area contributed by atoms with E-state index >= 15 is 0 Å². The molecular formula is C19H12F6N2O2S. The number of hydrogen-bond acceptors (Lipinski definition) is 4. The zero-order valence-corrected chi connectivity index (χ0v) is 15.7. The molecule has 0 bridgehead atoms. The predicted molar refractivity (Wildman–Crippen MR) is 95.8 cm³/mol. The number of benzene rings is 1. The maximum atomic E-state index is 13.0. The van der Waals surface area contributed by atoms with Crippen molar-refractivity contribution in [3.63, 3.8) is 0 Å². The summed E-state index contributed by atoms with van der Waals surface area (Å²) in [7, 11) is 0. The summed E-state index contributed by atoms with van der Waals surface area (Å²) in [6.45, 7) is 0. The molecule has 2 aromatic heterocycles. The van der Waals surface area contributed by atoms with E-state index in [1.165, 1.54) is 11.3 Å². The lowest BCUT2D eigenvalue weighted by atomic mass is 10.0. The van der Waals surface area contributed by atoms with Gasteiger partial charge in [0.25, 0.3) is 0 Å². The lowest BCUT2D eigenvalue weighted by Gasteiger charge is -2.17. The fraction of sp³-hybridized carbons (Fsp3) is 0.263. The lowest BCUT2D eigenvalue weighted by Crippen LogP contribution is -2.28. The van der Waals surface area contributed by atoms with Crippen LogP contribution in [-0.4, -0.2) is 11.1 Å². The van der Waals surface area contributed by atoms with Gasteiger partial charge in [-0.15, -0.1) is 11.3 Å². The summed E-state index contributed by atoms with van der Waals surface area (Å²) >= 11 is 1.39. The average Bonchev–Trinajstić information content (AvgIpc) is 3.06. The quantitative estimate of drug-likeness (QED) is 0.492. The number of rotatable bonds is 4. The molecule has 1 amide bonds. The molecule has 0 spiro atoms. The number of alkyl halides is 6. The van der Waals surface area contributed by atoms with Crippen LogP contribution in [-0.2, 0) is 22.6 Å². The van der Waals surface area contributed by atoms with Crippen molar-refractivity contribution in [1.29, 1.82) is 0 Å². The highest BCUT2D eigenvalue weighted by atomic mass is 32.1. The maximum Gasteiger partial charge on any atom is 0.416 e. The van der Waals surface area contributed by atoms with Crippen molar-refractivity contribution in [3.8, 4) is 10.6 Å². The summed E-state index contributed by atoms with van der Waals surface area (Å²) in [5.41, 5.74) is -4.45. The predicted octanol–water partition coefficient (Wildman–Crippen LogP) is 6.11. The molecule has 3 aromatic rings. The number of anilines is 1. The maximum absolute atomic E-state index is 13.0. The van der Waals surface area contributed by atoms with Crippen molar-refractivity contribution in [2.45, 2.75) is 30.6 Å². The Balaban J connectivity index is 1.62. The molecule has 11 heteroatoms. The molecule has 0 saturated heterocycles. The highest BCUT2D eigenvalue weighted by Crippen LogP contribution is 2.49. The van der Waals surface area contributed by atoms with Crippen LogP contribution in [0.5, 0.6) is 0 Å². The molecule has 1 saturated carbocycles. The molecule has 4 nitrogen and oxygen atoms in total. The van der Waals surface area contributed by atoms with Gasteiger partial charge in [0, 0.05) is 11.8 Å². The Morgan fingerprint density at radius 2 is 1.67 bits per heavy atom. The van der Waals surface area contributed by atoms with Crippen LogP contribution >= 0.6 is 11.3 Å². The van der Waals surface area contributed by atoms with Crippen LogP contribution in [0.2, 0.25) is 0 Å². The van der Waals surface area contributed by atoms with Crippen LogP contribution in [0.1, 0.15) is 29.7 Å². The van der Waals surface area contributed by atoms with Crippen molar-refractivity contribution in [3.05, 3.63) is 58.6 Å². The van der Waals surface area contributed by atoms with E-state index < -0.39 is 40.5 Å². The first-order valence-corrected chi connectivity index (χ1v) is 9.49. The molecule has 4 rings (SSSR count). The van der Waals surface area contributed by atoms with Crippen LogP contribution < -0.4 is 5.32 Å². The number of nitrogens with one attached hydrogen (secondary N) is 1. The third-order valence-corrected chi connectivity index (χ3v) is 5.68. The topological polar surface area (TPSA) is 55.1 Å². The van der Waals surface area contributed by atoms with Gasteiger partial charge in [0.15, 0.2) is 5.76 Å². The Hall–Kier alpha value is -2.82. The van der Waals surface area contributed by atoms with Crippen LogP contribution in [0, 0.1) is 0 Å². The zero-order valence-electron chi connectivity index (χ0n) is 14.9. The van der Waals surface area contributed by atoms with Gasteiger partial charge in [0.2, 0.25) is 5.91 Å². The Kier molecular flexibility index (Phi) is 4.68. The monoisotopic (exact) mass is 446 g/mol. The SMILES string of the molecule is O=C(Nc1cc(C(F)(F)F)cc(C(F)(F)F)c1)C1(c2cc(-c3cccs3)on2)CC1. The summed E-state index contributed by atoms with van der Waals surface area (Å²) in [5, 5.41) is 7.91. The van der Waals surface area contributed by atoms with E-state index in [0.29, 0.717) is 30.7 Å². The summed E-state index contributed by atoms with van der Waals surface area (Å²) in [6.07, 6.45) is -9.31. The van der Waals surface area contributed by atoms with E-state index in [9.17, 15) is 31.1 Å². The molecule has 0 atom stereocenters. The second-order valence-corrected chi connectivity index (χ2v) is 7.83. The lowest BCUT2D eigenvalue weighted by molar-refractivity contribution is -0.143. The molecule has 30 heavy (non-hydrogen) atoms. The van der Waals surface area contributed by atoms with E-state index in [1.807, 2.05) is 5.38 Å². The molecule has 0 radical (unpaired) electrons. The van der Waals surface area contributed by atoms with Gasteiger partial charge in [-0.1, -0.05) is 11.2 Å². The number of aromatic nitrogens is 1. The molecule has 1 aliphatic carbocycles. The second kappa shape index (κ2) is 6.86. The summed E-state index contributed by atoms with van der Waals surface area (Å²) in [6, 6.07) is 6.11. The van der Waals surface area contributed by atoms with Gasteiger partial charge < -0.3 is 9.84 Å². The normalized spacial score (nSPS) is 15.8. The molecular weight excluding hydrogens is 434 g/mol. The van der Waals surface area contributed by atoms with Crippen LogP contribution in [0.3, 0.4) is 0 Å². The van der Waals surface area contributed by atoms with Crippen molar-refractivity contribution < 1.29 is 35.7 Å². The largest absolute Gasteiger partial charge is 0.416 e. The third kappa shape index (κ3) is 3.81. The van der Waals surface area contributed by atoms with Gasteiger partial charge in [-0.05, 0) is 42.5 Å². The van der Waals surface area contributed by atoms with Crippen molar-refractivity contribution in [2.24, 2.45) is 0 Å². The van der Waals surface area contributed by atoms with Crippen molar-refractivity contribution >= 4 is 22.9 Å². The smallest absolute Gasteiger partial charge is 0.355 e. The first kappa shape index (κ1) is 20.5. The van der Waals surface area contributed by atoms with Crippen LogP contribution in [0.4, 0.5) is 32.0 Å². The first-order valence-electron chi connectivity index (χ1n) is 8.61. The van der Waals surface area contributed by atoms with E-state index in [1.54, 1.807) is 18.2 Å². The number of carbonyl (C=O) groups is 1. The number of thiophene rings is 1. The minimum atomic E-state index is -5.00. The fourth-order valence-electron chi connectivity index (χ4n) is 3.04. The zero-order chi connectivity index (χ0) is 21.7. The first-order chi connectivity index (χ1) is 14.0. The summed E-state index contributed by atoms with van der Waals surface area (Å²) in [5.74, 6) is -0.307. The van der Waals surface area contributed by atoms with Crippen LogP contribution in [0.25, 0.3) is 10.6 Å². The molecule has 1 aromatic carbocycles. The highest BCUT2D eigenvalue weighted by molar-refractivity contribution is 7.13. The number of nitrogens with zero attached hydrogens (tertiary/aromatic N) is 1. The molecule has 0 aliphatic heterocycles. The van der Waals surface area contributed by atoms with Gasteiger partial charge in [-0.3, -0.25) is 4.79 Å². The van der Waals surface area contributed by atoms with Gasteiger partial charge in [-0.25, -0.2) is 0 Å². The molecule has 1 fully saturated rings. The van der Waals surface area contributed by atoms with Crippen molar-refractivity contribution in [2.75, 3.05) is 5.32 Å². The minimum Gasteiger partial charge on any atom is -0.355 e. The van der Waals surface area contributed by atoms with E-state index in [4.69, 9.17) is 4.52 Å². The Morgan fingerprint density at radius 1 is 1.03 bits per heavy atom. The third-order valence-electron chi connectivity index (χ3n) is 4.79. The van der Waals surface area contributed by atoms with E-state index in [2.05, 4.69) is 10.5 Å². The number of amides is 1. The van der Waals surface area contributed by atoms with Crippen molar-refractivity contribution in [1.82, 2.24) is 5.16 Å². The van der Waals surface area contributed by atoms with Crippen LogP contribution in [0.15, 0.2) is 46.3 Å². The molecule has 158 valence electrons. The Bertz CT molecular complexity index is 1050. The van der Waals surface area contributed by atoms with Gasteiger partial charge >= 0.3 is 12.4 Å². The van der Waals surface area contributed by atoms with E-state index in [0.717, 1.165) is 4.88 Å². The fourth-order valence-corrected chi connectivity index (χ4v) is 3.71. The standard InChI is InChI=1S/C19H12F6N2O2S/c20-18(21,22)10-6-11(19(23,24)25)8-12(7-10)26-16(28)17(3-4-17)15-9-13(29-27-15)14-2-1-5-30-14/h1-2,5-9H,3-4H2,(H,26,28). The number of carbonyl (C=O) groups excluding carboxylic acids is 1. The molecule has 1 aliphatic rings. The molecule has 0 unspecified atom stereocenters. The Morgan fingerprint density at radius 3 is 2.17 bits per heavy atom. The number of hydrogen-bond donors (Lipinski definition) is 1. The summed E-state index contributed by atoms with van der Waals surface area (Å²) < 4.78 is 83.4. The molecule has 2 heterocycles. The van der Waals surface area contributed by atoms with E-state index in [-0.39, 0.29) is 11.8 Å². The molecule has 1 N–H and O–H groups in total.